The van der Waals surface area contributed by atoms with E-state index in [9.17, 15) is 5.26 Å². The first-order chi connectivity index (χ1) is 17.0. The molecule has 35 heavy (non-hydrogen) atoms. The maximum Gasteiger partial charge on any atom is 0.201 e. The first kappa shape index (κ1) is 23.0. The van der Waals surface area contributed by atoms with Gasteiger partial charge in [-0.05, 0) is 76.2 Å². The van der Waals surface area contributed by atoms with Crippen molar-refractivity contribution in [2.24, 2.45) is 21.4 Å². The molecule has 0 amide bonds. The summed E-state index contributed by atoms with van der Waals surface area (Å²) in [7, 11) is 0. The Hall–Kier alpha value is -3.77. The van der Waals surface area contributed by atoms with Crippen LogP contribution in [0.3, 0.4) is 0 Å². The lowest BCUT2D eigenvalue weighted by molar-refractivity contribution is 0.0646. The molecule has 0 bridgehead atoms. The lowest BCUT2D eigenvalue weighted by atomic mass is 9.61. The molecule has 3 aromatic heterocycles. The van der Waals surface area contributed by atoms with Crippen LogP contribution in [0.15, 0.2) is 52.8 Å². The number of ether oxygens (including phenoxy) is 1. The van der Waals surface area contributed by atoms with Crippen molar-refractivity contribution >= 4 is 17.1 Å². The van der Waals surface area contributed by atoms with E-state index in [2.05, 4.69) is 26.5 Å². The molecule has 2 aliphatic rings. The Kier molecular flexibility index (Phi) is 6.22. The van der Waals surface area contributed by atoms with Gasteiger partial charge in [-0.15, -0.1) is 0 Å². The molecule has 1 aliphatic heterocycles. The predicted octanol–water partition coefficient (Wildman–Crippen LogP) is 3.40. The summed E-state index contributed by atoms with van der Waals surface area (Å²) in [6.45, 7) is 6.06. The van der Waals surface area contributed by atoms with Crippen molar-refractivity contribution in [3.05, 3.63) is 59.7 Å². The predicted molar refractivity (Wildman–Crippen MR) is 135 cm³/mol. The van der Waals surface area contributed by atoms with Crippen LogP contribution in [-0.4, -0.2) is 44.9 Å². The number of imidazole rings is 1. The minimum Gasteiger partial charge on any atom is -0.469 e. The number of hydrazone groups is 1. The van der Waals surface area contributed by atoms with Gasteiger partial charge in [-0.1, -0.05) is 6.07 Å². The summed E-state index contributed by atoms with van der Waals surface area (Å²) in [4.78, 5) is 13.8. The second kappa shape index (κ2) is 9.47. The summed E-state index contributed by atoms with van der Waals surface area (Å²) in [5.41, 5.74) is 4.33. The summed E-state index contributed by atoms with van der Waals surface area (Å²) in [6.07, 6.45) is 7.60. The highest BCUT2D eigenvalue weighted by molar-refractivity contribution is 6.47. The van der Waals surface area contributed by atoms with Crippen LogP contribution < -0.4 is 15.9 Å². The van der Waals surface area contributed by atoms with Gasteiger partial charge in [0.05, 0.1) is 23.6 Å². The topological polar surface area (TPSA) is 126 Å². The van der Waals surface area contributed by atoms with Crippen LogP contribution in [0.1, 0.15) is 62.6 Å². The van der Waals surface area contributed by atoms with Crippen LogP contribution >= 0.6 is 0 Å². The molecular formula is C26H30N8O. The smallest absolute Gasteiger partial charge is 0.201 e. The summed E-state index contributed by atoms with van der Waals surface area (Å²) in [6, 6.07) is 11.9. The van der Waals surface area contributed by atoms with Crippen LogP contribution in [0.25, 0.3) is 5.65 Å². The van der Waals surface area contributed by atoms with Crippen molar-refractivity contribution in [3.8, 4) is 11.9 Å². The third kappa shape index (κ3) is 4.49. The fraction of sp³-hybridized carbons (Fsp3) is 0.423. The van der Waals surface area contributed by atoms with Crippen molar-refractivity contribution in [1.82, 2.24) is 19.7 Å². The normalized spacial score (nSPS) is 19.3. The molecule has 9 nitrogen and oxygen atoms in total. The molecule has 1 spiro atoms. The molecule has 1 saturated heterocycles. The van der Waals surface area contributed by atoms with E-state index in [0.717, 1.165) is 42.9 Å². The highest BCUT2D eigenvalue weighted by Crippen LogP contribution is 2.49. The minimum absolute atomic E-state index is 0.296. The Balaban J connectivity index is 1.44. The van der Waals surface area contributed by atoms with Crippen molar-refractivity contribution in [2.45, 2.75) is 51.7 Å². The number of piperidine rings is 1. The SMILES string of the molecule is CC(=NC1CC2(CCNCC2)C1)/C(=N\N)c1cc(OC(C)c2ccccn2)n2c(C#N)cnc2c1. The maximum absolute atomic E-state index is 9.61. The number of aromatic nitrogens is 3. The van der Waals surface area contributed by atoms with Crippen LogP contribution in [0, 0.1) is 16.7 Å². The van der Waals surface area contributed by atoms with Gasteiger partial charge >= 0.3 is 0 Å². The molecule has 2 fully saturated rings. The molecule has 1 aliphatic carbocycles. The molecule has 1 unspecified atom stereocenters. The Morgan fingerprint density at radius 1 is 1.29 bits per heavy atom. The second-order valence-corrected chi connectivity index (χ2v) is 9.55. The number of fused-ring (bicyclic) bond motifs is 1. The number of nitrogens with zero attached hydrogens (tertiary/aromatic N) is 6. The summed E-state index contributed by atoms with van der Waals surface area (Å²) in [5, 5.41) is 17.1. The van der Waals surface area contributed by atoms with E-state index in [4.69, 9.17) is 15.6 Å². The molecule has 0 radical (unpaired) electrons. The van der Waals surface area contributed by atoms with Gasteiger partial charge in [0.1, 0.15) is 29.2 Å². The minimum atomic E-state index is -0.340. The van der Waals surface area contributed by atoms with E-state index in [0.29, 0.717) is 34.4 Å². The van der Waals surface area contributed by atoms with Crippen LogP contribution in [-0.2, 0) is 0 Å². The second-order valence-electron chi connectivity index (χ2n) is 9.55. The van der Waals surface area contributed by atoms with Gasteiger partial charge in [0.25, 0.3) is 0 Å². The fourth-order valence-corrected chi connectivity index (χ4v) is 5.35. The standard InChI is InChI=1S/C26H30N8O/c1-17(32-20-13-26(14-20)6-9-29-10-7-26)25(33-28)19-11-23-31-16-21(15-27)34(23)24(12-19)35-18(2)22-5-3-4-8-30-22/h3-5,8,11-12,16,18,20,29H,6-7,9-10,13-14,28H2,1-2H3/b32-17?,33-25+. The molecule has 3 N–H and O–H groups in total. The first-order valence-electron chi connectivity index (χ1n) is 12.0. The number of nitriles is 1. The fourth-order valence-electron chi connectivity index (χ4n) is 5.35. The zero-order chi connectivity index (χ0) is 24.4. The van der Waals surface area contributed by atoms with Crippen LogP contribution in [0.2, 0.25) is 0 Å². The maximum atomic E-state index is 9.61. The number of pyridine rings is 2. The van der Waals surface area contributed by atoms with E-state index in [1.807, 2.05) is 44.2 Å². The van der Waals surface area contributed by atoms with Crippen LogP contribution in [0.5, 0.6) is 5.88 Å². The average Bonchev–Trinajstić information content (AvgIpc) is 3.28. The molecule has 0 aromatic carbocycles. The van der Waals surface area contributed by atoms with Crippen molar-refractivity contribution in [1.29, 1.82) is 5.26 Å². The number of nitrogens with two attached hydrogens (primary N) is 1. The Morgan fingerprint density at radius 3 is 2.77 bits per heavy atom. The zero-order valence-electron chi connectivity index (χ0n) is 20.1. The van der Waals surface area contributed by atoms with Gasteiger partial charge in [0, 0.05) is 17.8 Å². The third-order valence-corrected chi connectivity index (χ3v) is 7.21. The quantitative estimate of drug-likeness (QED) is 0.323. The summed E-state index contributed by atoms with van der Waals surface area (Å²) < 4.78 is 7.98. The first-order valence-corrected chi connectivity index (χ1v) is 12.0. The van der Waals surface area contributed by atoms with Gasteiger partial charge in [-0.2, -0.15) is 10.4 Å². The van der Waals surface area contributed by atoms with E-state index in [-0.39, 0.29) is 6.10 Å². The van der Waals surface area contributed by atoms with Gasteiger partial charge < -0.3 is 15.9 Å². The highest BCUT2D eigenvalue weighted by Gasteiger charge is 2.44. The number of rotatable bonds is 6. The van der Waals surface area contributed by atoms with Crippen molar-refractivity contribution in [3.63, 3.8) is 0 Å². The van der Waals surface area contributed by atoms with Gasteiger partial charge in [0.15, 0.2) is 0 Å². The van der Waals surface area contributed by atoms with Gasteiger partial charge in [-0.25, -0.2) is 4.98 Å². The van der Waals surface area contributed by atoms with Crippen molar-refractivity contribution < 1.29 is 4.74 Å². The number of hydrogen-bond donors (Lipinski definition) is 2. The van der Waals surface area contributed by atoms with E-state index < -0.39 is 0 Å². The molecule has 1 atom stereocenters. The number of hydrogen-bond acceptors (Lipinski definition) is 8. The molecule has 4 heterocycles. The van der Waals surface area contributed by atoms with E-state index >= 15 is 0 Å². The van der Waals surface area contributed by atoms with Gasteiger partial charge in [0.2, 0.25) is 5.88 Å². The summed E-state index contributed by atoms with van der Waals surface area (Å²) in [5.74, 6) is 6.33. The lowest BCUT2D eigenvalue weighted by Crippen LogP contribution is -2.47. The summed E-state index contributed by atoms with van der Waals surface area (Å²) >= 11 is 0. The third-order valence-electron chi connectivity index (χ3n) is 7.21. The molecule has 9 heteroatoms. The Labute approximate surface area is 204 Å². The Bertz CT molecular complexity index is 1310. The number of aliphatic imine (C=N–C) groups is 1. The lowest BCUT2D eigenvalue weighted by Gasteiger charge is -2.49. The van der Waals surface area contributed by atoms with E-state index in [1.165, 1.54) is 19.0 Å². The highest BCUT2D eigenvalue weighted by atomic mass is 16.5. The van der Waals surface area contributed by atoms with Crippen molar-refractivity contribution in [2.75, 3.05) is 13.1 Å². The zero-order valence-corrected chi connectivity index (χ0v) is 20.1. The molecule has 180 valence electrons. The number of nitrogens with one attached hydrogen (secondary N) is 1. The molecular weight excluding hydrogens is 440 g/mol. The van der Waals surface area contributed by atoms with Crippen LogP contribution in [0.4, 0.5) is 0 Å². The molecule has 3 aromatic rings. The average molecular weight is 471 g/mol. The van der Waals surface area contributed by atoms with E-state index in [1.54, 1.807) is 10.6 Å². The molecule has 5 rings (SSSR count). The molecule has 1 saturated carbocycles. The monoisotopic (exact) mass is 470 g/mol. The van der Waals surface area contributed by atoms with Gasteiger partial charge in [-0.3, -0.25) is 14.4 Å². The Morgan fingerprint density at radius 2 is 2.09 bits per heavy atom. The largest absolute Gasteiger partial charge is 0.469 e.